The van der Waals surface area contributed by atoms with Crippen LogP contribution in [0.1, 0.15) is 31.7 Å². The van der Waals surface area contributed by atoms with E-state index in [-0.39, 0.29) is 5.95 Å². The molecular weight excluding hydrogens is 517 g/mol. The summed E-state index contributed by atoms with van der Waals surface area (Å²) in [5.74, 6) is 0.156. The van der Waals surface area contributed by atoms with Gasteiger partial charge in [-0.05, 0) is 62.6 Å². The molecule has 0 bridgehead atoms. The Bertz CT molecular complexity index is 1680. The highest BCUT2D eigenvalue weighted by Gasteiger charge is 2.30. The topological polar surface area (TPSA) is 101 Å². The second-order valence-corrected chi connectivity index (χ2v) is 11.3. The quantitative estimate of drug-likeness (QED) is 0.286. The smallest absolute Gasteiger partial charge is 0.230 e. The number of hydrogen-bond acceptors (Lipinski definition) is 8. The molecule has 9 nitrogen and oxygen atoms in total. The number of rotatable bonds is 5. The van der Waals surface area contributed by atoms with Gasteiger partial charge in [0.15, 0.2) is 0 Å². The molecule has 5 aromatic rings. The lowest BCUT2D eigenvalue weighted by Crippen LogP contribution is -2.49. The van der Waals surface area contributed by atoms with E-state index in [9.17, 15) is 4.39 Å². The Morgan fingerprint density at radius 3 is 2.39 bits per heavy atom. The van der Waals surface area contributed by atoms with E-state index in [2.05, 4.69) is 52.9 Å². The number of aromatic nitrogens is 5. The molecule has 3 aromatic heterocycles. The maximum absolute atomic E-state index is 14.5. The van der Waals surface area contributed by atoms with Crippen LogP contribution in [0.15, 0.2) is 61.1 Å². The molecule has 1 saturated carbocycles. The Morgan fingerprint density at radius 1 is 0.878 bits per heavy atom. The van der Waals surface area contributed by atoms with Gasteiger partial charge in [0.1, 0.15) is 17.8 Å². The Labute approximate surface area is 238 Å². The third-order valence-electron chi connectivity index (χ3n) is 8.76. The maximum Gasteiger partial charge on any atom is 0.230 e. The molecule has 41 heavy (non-hydrogen) atoms. The van der Waals surface area contributed by atoms with Crippen LogP contribution in [-0.2, 0) is 0 Å². The fraction of sp³-hybridized carbons (Fsp3) is 0.355. The first-order chi connectivity index (χ1) is 20.0. The van der Waals surface area contributed by atoms with Crippen LogP contribution >= 0.6 is 0 Å². The van der Waals surface area contributed by atoms with Gasteiger partial charge in [0.25, 0.3) is 0 Å². The van der Waals surface area contributed by atoms with Crippen molar-refractivity contribution in [3.63, 3.8) is 0 Å². The van der Waals surface area contributed by atoms with Crippen molar-refractivity contribution in [2.75, 3.05) is 44.3 Å². The standard InChI is InChI=1S/C31H34FN9/c1-39-14-16-40(17-15-39)22-10-12-23(13-11-22)41-18-25(27-29(33)34-19-35-30(27)41)20-6-8-21(9-7-20)36-31-37-26-5-3-2-4-24(26)28(32)38-31/h2-9,18-19,22-23H,10-17H2,1H3,(H2,33,34,35)(H,36,37,38)/t22-,23+. The van der Waals surface area contributed by atoms with Crippen molar-refractivity contribution < 1.29 is 4.39 Å². The van der Waals surface area contributed by atoms with Crippen molar-refractivity contribution in [3.8, 4) is 11.1 Å². The molecule has 0 atom stereocenters. The summed E-state index contributed by atoms with van der Waals surface area (Å²) in [6.45, 7) is 4.64. The maximum atomic E-state index is 14.5. The van der Waals surface area contributed by atoms with Crippen LogP contribution in [-0.4, -0.2) is 73.6 Å². The van der Waals surface area contributed by atoms with Crippen molar-refractivity contribution in [2.24, 2.45) is 0 Å². The lowest BCUT2D eigenvalue weighted by atomic mass is 9.89. The van der Waals surface area contributed by atoms with Crippen molar-refractivity contribution in [2.45, 2.75) is 37.8 Å². The van der Waals surface area contributed by atoms with E-state index < -0.39 is 5.95 Å². The fourth-order valence-electron chi connectivity index (χ4n) is 6.45. The summed E-state index contributed by atoms with van der Waals surface area (Å²) >= 11 is 0. The van der Waals surface area contributed by atoms with Gasteiger partial charge in [0.05, 0.1) is 16.3 Å². The second-order valence-electron chi connectivity index (χ2n) is 11.3. The van der Waals surface area contributed by atoms with Crippen molar-refractivity contribution >= 4 is 39.4 Å². The molecule has 0 radical (unpaired) electrons. The fourth-order valence-corrected chi connectivity index (χ4v) is 6.45. The molecule has 1 aliphatic heterocycles. The molecule has 0 unspecified atom stereocenters. The second kappa shape index (κ2) is 10.7. The summed E-state index contributed by atoms with van der Waals surface area (Å²) in [4.78, 5) is 22.5. The number of piperazine rings is 1. The lowest BCUT2D eigenvalue weighted by molar-refractivity contribution is 0.0828. The molecule has 0 amide bonds. The zero-order valence-electron chi connectivity index (χ0n) is 23.2. The predicted octanol–water partition coefficient (Wildman–Crippen LogP) is 5.24. The average Bonchev–Trinajstić information content (AvgIpc) is 3.39. The Kier molecular flexibility index (Phi) is 6.72. The number of hydrogen-bond donors (Lipinski definition) is 2. The number of para-hydroxylation sites is 1. The number of halogens is 1. The van der Waals surface area contributed by atoms with E-state index in [0.29, 0.717) is 28.8 Å². The number of nitrogen functional groups attached to an aromatic ring is 1. The molecule has 4 heterocycles. The SMILES string of the molecule is CN1CCN([C@H]2CC[C@@H](n3cc(-c4ccc(Nc5nc(F)c6ccccc6n5)cc4)c4c(N)ncnc43)CC2)CC1. The average molecular weight is 552 g/mol. The minimum absolute atomic E-state index is 0.218. The van der Waals surface area contributed by atoms with E-state index in [1.165, 1.54) is 25.9 Å². The highest BCUT2D eigenvalue weighted by atomic mass is 19.1. The Hall–Kier alpha value is -4.15. The van der Waals surface area contributed by atoms with E-state index in [1.54, 1.807) is 24.5 Å². The van der Waals surface area contributed by atoms with Gasteiger partial charge in [-0.15, -0.1) is 0 Å². The van der Waals surface area contributed by atoms with Crippen LogP contribution in [0.3, 0.4) is 0 Å². The summed E-state index contributed by atoms with van der Waals surface area (Å²) in [5, 5.41) is 4.42. The number of nitrogens with two attached hydrogens (primary N) is 1. The van der Waals surface area contributed by atoms with Gasteiger partial charge in [-0.1, -0.05) is 24.3 Å². The minimum atomic E-state index is -0.546. The van der Waals surface area contributed by atoms with Gasteiger partial charge < -0.3 is 20.5 Å². The van der Waals surface area contributed by atoms with E-state index >= 15 is 0 Å². The highest BCUT2D eigenvalue weighted by molar-refractivity contribution is 6.00. The molecule has 0 spiro atoms. The number of nitrogens with one attached hydrogen (secondary N) is 1. The number of anilines is 3. The van der Waals surface area contributed by atoms with Crippen molar-refractivity contribution in [1.29, 1.82) is 0 Å². The summed E-state index contributed by atoms with van der Waals surface area (Å²) in [6, 6.07) is 16.0. The minimum Gasteiger partial charge on any atom is -0.383 e. The Balaban J connectivity index is 1.13. The van der Waals surface area contributed by atoms with Crippen LogP contribution in [0.25, 0.3) is 33.1 Å². The summed E-state index contributed by atoms with van der Waals surface area (Å²) in [7, 11) is 2.21. The number of benzene rings is 2. The predicted molar refractivity (Wildman–Crippen MR) is 161 cm³/mol. The first kappa shape index (κ1) is 25.8. The largest absolute Gasteiger partial charge is 0.383 e. The van der Waals surface area contributed by atoms with Gasteiger partial charge in [0.2, 0.25) is 11.9 Å². The molecule has 2 aromatic carbocycles. The van der Waals surface area contributed by atoms with E-state index in [0.717, 1.165) is 53.8 Å². The van der Waals surface area contributed by atoms with E-state index in [1.807, 2.05) is 30.3 Å². The Morgan fingerprint density at radius 2 is 1.61 bits per heavy atom. The third-order valence-corrected chi connectivity index (χ3v) is 8.76. The molecule has 1 aliphatic carbocycles. The first-order valence-corrected chi connectivity index (χ1v) is 14.4. The zero-order valence-corrected chi connectivity index (χ0v) is 23.2. The molecule has 3 N–H and O–H groups in total. The van der Waals surface area contributed by atoms with Crippen LogP contribution in [0, 0.1) is 5.95 Å². The van der Waals surface area contributed by atoms with Crippen LogP contribution in [0.2, 0.25) is 0 Å². The summed E-state index contributed by atoms with van der Waals surface area (Å²) < 4.78 is 16.8. The van der Waals surface area contributed by atoms with Gasteiger partial charge in [0, 0.05) is 55.7 Å². The van der Waals surface area contributed by atoms with Crippen molar-refractivity contribution in [1.82, 2.24) is 34.3 Å². The molecule has 10 heteroatoms. The van der Waals surface area contributed by atoms with Crippen LogP contribution in [0.5, 0.6) is 0 Å². The number of nitrogens with zero attached hydrogens (tertiary/aromatic N) is 7. The molecule has 2 aliphatic rings. The highest BCUT2D eigenvalue weighted by Crippen LogP contribution is 2.39. The van der Waals surface area contributed by atoms with E-state index in [4.69, 9.17) is 5.73 Å². The van der Waals surface area contributed by atoms with Gasteiger partial charge in [-0.2, -0.15) is 9.37 Å². The van der Waals surface area contributed by atoms with Crippen LogP contribution < -0.4 is 11.1 Å². The van der Waals surface area contributed by atoms with Gasteiger partial charge in [-0.25, -0.2) is 15.0 Å². The normalized spacial score (nSPS) is 20.5. The molecule has 1 saturated heterocycles. The van der Waals surface area contributed by atoms with Gasteiger partial charge in [-0.3, -0.25) is 4.90 Å². The van der Waals surface area contributed by atoms with Crippen molar-refractivity contribution in [3.05, 3.63) is 67.0 Å². The zero-order chi connectivity index (χ0) is 27.9. The number of likely N-dealkylation sites (N-methyl/N-ethyl adjacent to an activating group) is 1. The monoisotopic (exact) mass is 551 g/mol. The first-order valence-electron chi connectivity index (χ1n) is 14.4. The molecule has 7 rings (SSSR count). The molecule has 210 valence electrons. The summed E-state index contributed by atoms with van der Waals surface area (Å²) in [6.07, 6.45) is 8.39. The number of fused-ring (bicyclic) bond motifs is 2. The summed E-state index contributed by atoms with van der Waals surface area (Å²) in [5.41, 5.74) is 10.6. The molecular formula is C31H34FN9. The third kappa shape index (κ3) is 4.98. The lowest BCUT2D eigenvalue weighted by Gasteiger charge is -2.41. The molecule has 2 fully saturated rings. The van der Waals surface area contributed by atoms with Gasteiger partial charge >= 0.3 is 0 Å². The van der Waals surface area contributed by atoms with Crippen LogP contribution in [0.4, 0.5) is 21.8 Å².